The molecule has 2 amide bonds. The highest BCUT2D eigenvalue weighted by molar-refractivity contribution is 8.68. The van der Waals surface area contributed by atoms with Gasteiger partial charge >= 0.3 is 0 Å². The van der Waals surface area contributed by atoms with Crippen molar-refractivity contribution in [3.63, 3.8) is 0 Å². The van der Waals surface area contributed by atoms with E-state index in [-0.39, 0.29) is 12.6 Å². The lowest BCUT2D eigenvalue weighted by atomic mass is 9.95. The molecule has 10 atom stereocenters. The Morgan fingerprint density at radius 2 is 1.77 bits per heavy atom. The van der Waals surface area contributed by atoms with E-state index in [1.165, 1.54) is 24.8 Å². The molecule has 2 aliphatic heterocycles. The first-order valence-corrected chi connectivity index (χ1v) is 13.2. The number of carbonyl (C=O) groups is 2. The van der Waals surface area contributed by atoms with Crippen molar-refractivity contribution < 1.29 is 53.7 Å². The molecule has 0 spiro atoms. The molecular formula is C20H36N2O11S2. The zero-order valence-corrected chi connectivity index (χ0v) is 21.7. The lowest BCUT2D eigenvalue weighted by Gasteiger charge is -2.47. The van der Waals surface area contributed by atoms with Crippen LogP contribution >= 0.6 is 22.5 Å². The van der Waals surface area contributed by atoms with Crippen LogP contribution in [0.4, 0.5) is 0 Å². The molecule has 0 aromatic heterocycles. The van der Waals surface area contributed by atoms with Crippen molar-refractivity contribution >= 4 is 34.3 Å². The Bertz CT molecular complexity index is 691. The smallest absolute Gasteiger partial charge is 0.252 e. The molecule has 2 rings (SSSR count). The van der Waals surface area contributed by atoms with Crippen LogP contribution in [-0.4, -0.2) is 126 Å². The van der Waals surface area contributed by atoms with Gasteiger partial charge in [-0.1, -0.05) is 10.8 Å². The van der Waals surface area contributed by atoms with Gasteiger partial charge in [-0.05, 0) is 13.8 Å². The van der Waals surface area contributed by atoms with Crippen LogP contribution in [0.25, 0.3) is 0 Å². The first-order chi connectivity index (χ1) is 16.5. The minimum absolute atomic E-state index is 0.267. The number of hydrogen-bond acceptors (Lipinski definition) is 13. The van der Waals surface area contributed by atoms with E-state index in [2.05, 4.69) is 22.3 Å². The van der Waals surface area contributed by atoms with Gasteiger partial charge in [-0.15, -0.1) is 11.7 Å². The number of methoxy groups -OCH3 is 1. The molecule has 35 heavy (non-hydrogen) atoms. The van der Waals surface area contributed by atoms with Crippen molar-refractivity contribution in [2.45, 2.75) is 88.2 Å². The topological polar surface area (TPSA) is 185 Å². The molecule has 2 saturated heterocycles. The summed E-state index contributed by atoms with van der Waals surface area (Å²) in [5, 5.41) is 47.0. The van der Waals surface area contributed by atoms with Crippen LogP contribution < -0.4 is 10.6 Å². The molecule has 0 aromatic rings. The normalized spacial score (nSPS) is 37.8. The highest BCUT2D eigenvalue weighted by atomic mass is 33.1. The van der Waals surface area contributed by atoms with E-state index >= 15 is 0 Å². The quantitative estimate of drug-likeness (QED) is 0.0828. The first-order valence-electron chi connectivity index (χ1n) is 11.2. The van der Waals surface area contributed by atoms with E-state index in [0.29, 0.717) is 5.75 Å². The largest absolute Gasteiger partial charge is 0.394 e. The molecule has 204 valence electrons. The third kappa shape index (κ3) is 7.88. The summed E-state index contributed by atoms with van der Waals surface area (Å²) in [7, 11) is 2.47. The van der Waals surface area contributed by atoms with E-state index in [0.717, 1.165) is 0 Å². The molecule has 2 aliphatic rings. The minimum Gasteiger partial charge on any atom is -0.394 e. The zero-order chi connectivity index (χ0) is 26.3. The maximum Gasteiger partial charge on any atom is 0.252 e. The maximum absolute atomic E-state index is 12.7. The van der Waals surface area contributed by atoms with E-state index in [4.69, 9.17) is 23.7 Å². The van der Waals surface area contributed by atoms with Crippen molar-refractivity contribution in [2.24, 2.45) is 0 Å². The van der Waals surface area contributed by atoms with Crippen molar-refractivity contribution in [3.05, 3.63) is 0 Å². The van der Waals surface area contributed by atoms with E-state index in [1.54, 1.807) is 13.8 Å². The van der Waals surface area contributed by atoms with Crippen LogP contribution in [0.3, 0.4) is 0 Å². The average molecular weight is 545 g/mol. The maximum atomic E-state index is 12.7. The number of amides is 2. The fraction of sp³-hybridized carbons (Fsp3) is 0.900. The Morgan fingerprint density at radius 1 is 1.09 bits per heavy atom. The number of aliphatic hydroxyl groups is 4. The molecule has 0 aromatic carbocycles. The Hall–Kier alpha value is -0.720. The molecule has 6 N–H and O–H groups in total. The minimum atomic E-state index is -1.68. The summed E-state index contributed by atoms with van der Waals surface area (Å²) in [4.78, 5) is 24.6. The van der Waals surface area contributed by atoms with Crippen molar-refractivity contribution in [2.75, 3.05) is 26.0 Å². The Kier molecular flexibility index (Phi) is 12.4. The molecule has 0 aliphatic carbocycles. The first kappa shape index (κ1) is 30.5. The summed E-state index contributed by atoms with van der Waals surface area (Å²) in [5.41, 5.74) is 0. The van der Waals surface area contributed by atoms with Gasteiger partial charge < -0.3 is 54.7 Å². The molecular weight excluding hydrogens is 508 g/mol. The van der Waals surface area contributed by atoms with Gasteiger partial charge in [-0.3, -0.25) is 9.59 Å². The third-order valence-electron chi connectivity index (χ3n) is 5.49. The summed E-state index contributed by atoms with van der Waals surface area (Å²) in [5.74, 6) is -0.585. The zero-order valence-electron chi connectivity index (χ0n) is 20.0. The monoisotopic (exact) mass is 544 g/mol. The van der Waals surface area contributed by atoms with Gasteiger partial charge in [0.1, 0.15) is 42.7 Å². The molecule has 9 unspecified atom stereocenters. The second kappa shape index (κ2) is 14.3. The average Bonchev–Trinajstić information content (AvgIpc) is 2.79. The number of nitrogens with one attached hydrogen (secondary N) is 2. The third-order valence-corrected chi connectivity index (χ3v) is 6.42. The molecule has 0 saturated carbocycles. The summed E-state index contributed by atoms with van der Waals surface area (Å²) in [6.45, 7) is 4.38. The standard InChI is InChI=1S/C20H36N2O11S2/c1-8(2)30-19-11(22-9(3)24)15(12(25)10(7-23)31-19)32-20-14(27)13(26)16(29-4)17(33-20)18(28)21-5-6-35-34/h8,10-17,19-20,23,25-27,34H,5-7H2,1-4H3,(H,21,28)(H,22,24)/t10?,11-,12?,13?,14?,15?,16?,17?,19?,20?/m0/s1. The number of carbonyl (C=O) groups excluding carboxylic acids is 2. The predicted molar refractivity (Wildman–Crippen MR) is 126 cm³/mol. The van der Waals surface area contributed by atoms with Gasteiger partial charge in [0.15, 0.2) is 18.7 Å². The van der Waals surface area contributed by atoms with Gasteiger partial charge in [0.25, 0.3) is 5.91 Å². The van der Waals surface area contributed by atoms with Crippen LogP contribution in [0.15, 0.2) is 0 Å². The van der Waals surface area contributed by atoms with E-state index in [1.807, 2.05) is 0 Å². The van der Waals surface area contributed by atoms with E-state index in [9.17, 15) is 30.0 Å². The van der Waals surface area contributed by atoms with Crippen LogP contribution in [-0.2, 0) is 33.3 Å². The molecule has 13 nitrogen and oxygen atoms in total. The van der Waals surface area contributed by atoms with Crippen molar-refractivity contribution in [1.29, 1.82) is 0 Å². The van der Waals surface area contributed by atoms with Gasteiger partial charge in [0.2, 0.25) is 5.91 Å². The lowest BCUT2D eigenvalue weighted by Crippen LogP contribution is -2.68. The molecule has 0 bridgehead atoms. The second-order valence-electron chi connectivity index (χ2n) is 8.46. The SMILES string of the molecule is COC1C(C(=O)NCCSS)OC(OC2C(O)C(CO)OC(OC(C)C)[C@H]2NC(C)=O)C(O)C1O. The Balaban J connectivity index is 2.31. The highest BCUT2D eigenvalue weighted by Crippen LogP contribution is 2.31. The number of aliphatic hydroxyl groups excluding tert-OH is 4. The molecule has 2 fully saturated rings. The number of ether oxygens (including phenoxy) is 5. The molecule has 2 heterocycles. The van der Waals surface area contributed by atoms with E-state index < -0.39 is 79.8 Å². The Labute approximate surface area is 213 Å². The summed E-state index contributed by atoms with van der Waals surface area (Å²) in [6, 6.07) is -1.08. The Morgan fingerprint density at radius 3 is 2.31 bits per heavy atom. The van der Waals surface area contributed by atoms with Crippen LogP contribution in [0.1, 0.15) is 20.8 Å². The van der Waals surface area contributed by atoms with Crippen molar-refractivity contribution in [1.82, 2.24) is 10.6 Å². The number of hydrogen-bond donors (Lipinski definition) is 7. The summed E-state index contributed by atoms with van der Waals surface area (Å²) >= 11 is 4.01. The fourth-order valence-electron chi connectivity index (χ4n) is 3.90. The second-order valence-corrected chi connectivity index (χ2v) is 9.90. The van der Waals surface area contributed by atoms with Crippen LogP contribution in [0.2, 0.25) is 0 Å². The number of thiol groups is 1. The molecule has 0 radical (unpaired) electrons. The lowest BCUT2D eigenvalue weighted by molar-refractivity contribution is -0.342. The van der Waals surface area contributed by atoms with Crippen LogP contribution in [0.5, 0.6) is 0 Å². The van der Waals surface area contributed by atoms with Gasteiger partial charge in [-0.2, -0.15) is 0 Å². The molecule has 15 heteroatoms. The fourth-order valence-corrected chi connectivity index (χ4v) is 4.37. The van der Waals surface area contributed by atoms with Crippen molar-refractivity contribution in [3.8, 4) is 0 Å². The summed E-state index contributed by atoms with van der Waals surface area (Å²) in [6.07, 6.45) is -12.9. The highest BCUT2D eigenvalue weighted by Gasteiger charge is 2.53. The van der Waals surface area contributed by atoms with Gasteiger partial charge in [0, 0.05) is 26.3 Å². The van der Waals surface area contributed by atoms with Crippen LogP contribution in [0, 0.1) is 0 Å². The van der Waals surface area contributed by atoms with Gasteiger partial charge in [-0.25, -0.2) is 0 Å². The van der Waals surface area contributed by atoms with Gasteiger partial charge in [0.05, 0.1) is 12.7 Å². The predicted octanol–water partition coefficient (Wildman–Crippen LogP) is -2.46. The summed E-state index contributed by atoms with van der Waals surface area (Å²) < 4.78 is 28.1. The number of rotatable bonds is 11.